The van der Waals surface area contributed by atoms with Crippen molar-refractivity contribution >= 4 is 34.6 Å². The first-order valence-electron chi connectivity index (χ1n) is 9.83. The molecule has 0 amide bonds. The molecule has 3 aromatic rings. The third kappa shape index (κ3) is 3.53. The number of hydrogen-bond acceptors (Lipinski definition) is 2. The average Bonchev–Trinajstić information content (AvgIpc) is 3.19. The molecule has 2 atom stereocenters. The smallest absolute Gasteiger partial charge is 0.174 e. The molecule has 0 spiro atoms. The summed E-state index contributed by atoms with van der Waals surface area (Å²) in [5.41, 5.74) is 5.76. The van der Waals surface area contributed by atoms with Gasteiger partial charge in [-0.1, -0.05) is 17.7 Å². The predicted octanol–water partition coefficient (Wildman–Crippen LogP) is 5.91. The van der Waals surface area contributed by atoms with Crippen LogP contribution in [0.1, 0.15) is 54.6 Å². The van der Waals surface area contributed by atoms with Gasteiger partial charge in [0, 0.05) is 34.3 Å². The molecule has 0 aliphatic carbocycles. The van der Waals surface area contributed by atoms with E-state index >= 15 is 0 Å². The fourth-order valence-corrected chi connectivity index (χ4v) is 4.92. The summed E-state index contributed by atoms with van der Waals surface area (Å²) in [4.78, 5) is 6.82. The zero-order valence-corrected chi connectivity index (χ0v) is 18.6. The molecule has 1 saturated heterocycles. The molecular weight excluding hydrogens is 400 g/mol. The Bertz CT molecular complexity index is 1030. The number of rotatable bonds is 4. The SMILES string of the molecule is Cc1cc([C@@H]2[C@H](c3ccccn3)NC(=S)N2c2ccc(Cl)cc2)c(C)n1C(C)C. The molecule has 4 nitrogen and oxygen atoms in total. The first-order valence-corrected chi connectivity index (χ1v) is 10.6. The minimum absolute atomic E-state index is 0.00252. The van der Waals surface area contributed by atoms with Crippen molar-refractivity contribution < 1.29 is 0 Å². The number of halogens is 1. The zero-order chi connectivity index (χ0) is 20.7. The van der Waals surface area contributed by atoms with Gasteiger partial charge >= 0.3 is 0 Å². The minimum atomic E-state index is -0.0412. The second-order valence-electron chi connectivity index (χ2n) is 7.76. The van der Waals surface area contributed by atoms with Gasteiger partial charge in [-0.3, -0.25) is 4.98 Å². The van der Waals surface area contributed by atoms with Crippen molar-refractivity contribution in [1.29, 1.82) is 0 Å². The van der Waals surface area contributed by atoms with Crippen molar-refractivity contribution in [3.8, 4) is 0 Å². The molecule has 1 fully saturated rings. The van der Waals surface area contributed by atoms with Crippen LogP contribution in [-0.2, 0) is 0 Å². The highest BCUT2D eigenvalue weighted by atomic mass is 35.5. The number of benzene rings is 1. The van der Waals surface area contributed by atoms with Gasteiger partial charge in [-0.25, -0.2) is 0 Å². The van der Waals surface area contributed by atoms with Crippen LogP contribution in [0, 0.1) is 13.8 Å². The van der Waals surface area contributed by atoms with E-state index in [0.29, 0.717) is 16.2 Å². The summed E-state index contributed by atoms with van der Waals surface area (Å²) in [5.74, 6) is 0. The summed E-state index contributed by atoms with van der Waals surface area (Å²) >= 11 is 11.9. The molecule has 0 radical (unpaired) electrons. The molecular formula is C23H25ClN4S. The molecule has 3 heterocycles. The quantitative estimate of drug-likeness (QED) is 0.527. The third-order valence-corrected chi connectivity index (χ3v) is 6.13. The van der Waals surface area contributed by atoms with Gasteiger partial charge in [0.15, 0.2) is 5.11 Å². The summed E-state index contributed by atoms with van der Waals surface area (Å²) in [6, 6.07) is 16.5. The molecule has 29 heavy (non-hydrogen) atoms. The summed E-state index contributed by atoms with van der Waals surface area (Å²) in [6.45, 7) is 8.79. The molecule has 0 bridgehead atoms. The maximum atomic E-state index is 6.14. The van der Waals surface area contributed by atoms with Gasteiger partial charge in [-0.05, 0) is 87.9 Å². The number of pyridine rings is 1. The normalized spacial score (nSPS) is 19.1. The van der Waals surface area contributed by atoms with E-state index < -0.39 is 0 Å². The number of thiocarbonyl (C=S) groups is 1. The van der Waals surface area contributed by atoms with Gasteiger partial charge in [0.25, 0.3) is 0 Å². The van der Waals surface area contributed by atoms with E-state index in [1.807, 2.05) is 42.6 Å². The van der Waals surface area contributed by atoms with Crippen molar-refractivity contribution in [1.82, 2.24) is 14.9 Å². The van der Waals surface area contributed by atoms with Gasteiger partial charge in [-0.2, -0.15) is 0 Å². The highest BCUT2D eigenvalue weighted by Gasteiger charge is 2.42. The van der Waals surface area contributed by atoms with Gasteiger partial charge in [-0.15, -0.1) is 0 Å². The second kappa shape index (κ2) is 7.81. The highest BCUT2D eigenvalue weighted by molar-refractivity contribution is 7.80. The lowest BCUT2D eigenvalue weighted by molar-refractivity contribution is 0.547. The fourth-order valence-electron chi connectivity index (χ4n) is 4.45. The van der Waals surface area contributed by atoms with Crippen molar-refractivity contribution in [2.24, 2.45) is 0 Å². The number of anilines is 1. The third-order valence-electron chi connectivity index (χ3n) is 5.56. The number of nitrogens with one attached hydrogen (secondary N) is 1. The Morgan fingerprint density at radius 1 is 1.10 bits per heavy atom. The Morgan fingerprint density at radius 2 is 1.83 bits per heavy atom. The first-order chi connectivity index (χ1) is 13.9. The lowest BCUT2D eigenvalue weighted by Gasteiger charge is -2.28. The summed E-state index contributed by atoms with van der Waals surface area (Å²) in [5, 5.41) is 4.93. The molecule has 1 aliphatic rings. The Hall–Kier alpha value is -2.37. The van der Waals surface area contributed by atoms with Crippen LogP contribution in [0.3, 0.4) is 0 Å². The molecule has 1 N–H and O–H groups in total. The molecule has 0 saturated carbocycles. The van der Waals surface area contributed by atoms with Crippen molar-refractivity contribution in [2.45, 2.75) is 45.8 Å². The minimum Gasteiger partial charge on any atom is -0.351 e. The van der Waals surface area contributed by atoms with Crippen LogP contribution in [0.2, 0.25) is 5.02 Å². The topological polar surface area (TPSA) is 33.1 Å². The average molecular weight is 425 g/mol. The van der Waals surface area contributed by atoms with Crippen molar-refractivity contribution in [2.75, 3.05) is 4.90 Å². The molecule has 6 heteroatoms. The van der Waals surface area contributed by atoms with E-state index in [2.05, 4.69) is 59.6 Å². The Morgan fingerprint density at radius 3 is 2.41 bits per heavy atom. The van der Waals surface area contributed by atoms with Crippen molar-refractivity contribution in [3.05, 3.63) is 82.4 Å². The Labute approximate surface area is 182 Å². The lowest BCUT2D eigenvalue weighted by atomic mass is 9.96. The van der Waals surface area contributed by atoms with Gasteiger partial charge in [0.1, 0.15) is 0 Å². The lowest BCUT2D eigenvalue weighted by Crippen LogP contribution is -2.29. The monoisotopic (exact) mass is 424 g/mol. The Balaban J connectivity index is 1.88. The van der Waals surface area contributed by atoms with E-state index in [9.17, 15) is 0 Å². The number of nitrogens with zero attached hydrogens (tertiary/aromatic N) is 3. The van der Waals surface area contributed by atoms with Crippen LogP contribution in [0.15, 0.2) is 54.7 Å². The summed E-state index contributed by atoms with van der Waals surface area (Å²) in [7, 11) is 0. The van der Waals surface area contributed by atoms with E-state index in [4.69, 9.17) is 23.8 Å². The van der Waals surface area contributed by atoms with Crippen LogP contribution in [0.4, 0.5) is 5.69 Å². The Kier molecular flexibility index (Phi) is 5.36. The second-order valence-corrected chi connectivity index (χ2v) is 8.59. The van der Waals surface area contributed by atoms with Gasteiger partial charge in [0.2, 0.25) is 0 Å². The van der Waals surface area contributed by atoms with E-state index in [1.54, 1.807) is 0 Å². The maximum absolute atomic E-state index is 6.14. The molecule has 150 valence electrons. The molecule has 1 aromatic carbocycles. The molecule has 2 aromatic heterocycles. The van der Waals surface area contributed by atoms with Crippen LogP contribution in [-0.4, -0.2) is 14.7 Å². The van der Waals surface area contributed by atoms with Crippen LogP contribution in [0.5, 0.6) is 0 Å². The molecule has 1 aliphatic heterocycles. The number of hydrogen-bond donors (Lipinski definition) is 1. The largest absolute Gasteiger partial charge is 0.351 e. The van der Waals surface area contributed by atoms with Crippen LogP contribution in [0.25, 0.3) is 0 Å². The standard InChI is InChI=1S/C23H25ClN4S/c1-14(2)27-15(3)13-19(16(27)4)22-21(20-7-5-6-12-25-20)26-23(29)28(22)18-10-8-17(24)9-11-18/h5-14,21-22H,1-4H3,(H,26,29)/t21-,22+/m0/s1. The molecule has 4 rings (SSSR count). The number of aromatic nitrogens is 2. The maximum Gasteiger partial charge on any atom is 0.174 e. The highest BCUT2D eigenvalue weighted by Crippen LogP contribution is 2.43. The fraction of sp³-hybridized carbons (Fsp3) is 0.304. The van der Waals surface area contributed by atoms with E-state index in [-0.39, 0.29) is 12.1 Å². The zero-order valence-electron chi connectivity index (χ0n) is 17.1. The van der Waals surface area contributed by atoms with E-state index in [1.165, 1.54) is 17.0 Å². The van der Waals surface area contributed by atoms with E-state index in [0.717, 1.165) is 11.4 Å². The summed E-state index contributed by atoms with van der Waals surface area (Å²) < 4.78 is 2.38. The number of aryl methyl sites for hydroxylation is 1. The van der Waals surface area contributed by atoms with Crippen LogP contribution < -0.4 is 10.2 Å². The van der Waals surface area contributed by atoms with Gasteiger partial charge in [0.05, 0.1) is 17.8 Å². The summed E-state index contributed by atoms with van der Waals surface area (Å²) in [6.07, 6.45) is 1.83. The van der Waals surface area contributed by atoms with Gasteiger partial charge < -0.3 is 14.8 Å². The molecule has 0 unspecified atom stereocenters. The predicted molar refractivity (Wildman–Crippen MR) is 124 cm³/mol. The first kappa shape index (κ1) is 19.9. The van der Waals surface area contributed by atoms with Crippen LogP contribution >= 0.6 is 23.8 Å². The van der Waals surface area contributed by atoms with Crippen molar-refractivity contribution in [3.63, 3.8) is 0 Å².